The number of hydrogen-bond donors (Lipinski definition) is 1. The summed E-state index contributed by atoms with van der Waals surface area (Å²) in [7, 11) is 0. The van der Waals surface area contributed by atoms with Crippen molar-refractivity contribution in [3.63, 3.8) is 0 Å². The quantitative estimate of drug-likeness (QED) is 0.753. The SMILES string of the molecule is CCC(C)C(N)C(=O)N(CC)CC1CCC1. The van der Waals surface area contributed by atoms with E-state index in [0.29, 0.717) is 0 Å². The summed E-state index contributed by atoms with van der Waals surface area (Å²) in [5.41, 5.74) is 5.99. The van der Waals surface area contributed by atoms with Crippen LogP contribution < -0.4 is 5.73 Å². The van der Waals surface area contributed by atoms with Gasteiger partial charge in [0.25, 0.3) is 0 Å². The number of hydrogen-bond acceptors (Lipinski definition) is 2. The molecule has 0 heterocycles. The van der Waals surface area contributed by atoms with Crippen LogP contribution in [0.4, 0.5) is 0 Å². The fraction of sp³-hybridized carbons (Fsp3) is 0.923. The lowest BCUT2D eigenvalue weighted by atomic mass is 9.85. The Hall–Kier alpha value is -0.570. The van der Waals surface area contributed by atoms with Crippen LogP contribution >= 0.6 is 0 Å². The summed E-state index contributed by atoms with van der Waals surface area (Å²) in [5.74, 6) is 1.15. The van der Waals surface area contributed by atoms with Crippen LogP contribution in [0.25, 0.3) is 0 Å². The van der Waals surface area contributed by atoms with E-state index in [1.807, 2.05) is 11.8 Å². The fourth-order valence-electron chi connectivity index (χ4n) is 2.07. The van der Waals surface area contributed by atoms with E-state index in [1.54, 1.807) is 0 Å². The Morgan fingerprint density at radius 1 is 1.44 bits per heavy atom. The van der Waals surface area contributed by atoms with Gasteiger partial charge >= 0.3 is 0 Å². The largest absolute Gasteiger partial charge is 0.341 e. The van der Waals surface area contributed by atoms with Crippen molar-refractivity contribution < 1.29 is 4.79 Å². The van der Waals surface area contributed by atoms with E-state index >= 15 is 0 Å². The normalized spacial score (nSPS) is 20.0. The monoisotopic (exact) mass is 226 g/mol. The molecule has 0 aromatic heterocycles. The first kappa shape index (κ1) is 13.5. The molecule has 0 aromatic rings. The maximum atomic E-state index is 12.2. The molecule has 1 rings (SSSR count). The summed E-state index contributed by atoms with van der Waals surface area (Å²) in [6, 6.07) is -0.315. The summed E-state index contributed by atoms with van der Waals surface area (Å²) >= 11 is 0. The molecule has 3 nitrogen and oxygen atoms in total. The zero-order valence-electron chi connectivity index (χ0n) is 10.9. The molecule has 0 saturated heterocycles. The molecule has 1 aliphatic rings. The van der Waals surface area contributed by atoms with E-state index in [9.17, 15) is 4.79 Å². The molecule has 1 fully saturated rings. The predicted molar refractivity (Wildman–Crippen MR) is 67.0 cm³/mol. The molecule has 16 heavy (non-hydrogen) atoms. The van der Waals surface area contributed by atoms with Gasteiger partial charge in [0.2, 0.25) is 5.91 Å². The van der Waals surface area contributed by atoms with E-state index in [1.165, 1.54) is 19.3 Å². The highest BCUT2D eigenvalue weighted by molar-refractivity contribution is 5.81. The zero-order chi connectivity index (χ0) is 12.1. The van der Waals surface area contributed by atoms with Gasteiger partial charge < -0.3 is 10.6 Å². The van der Waals surface area contributed by atoms with Gasteiger partial charge in [0, 0.05) is 13.1 Å². The maximum Gasteiger partial charge on any atom is 0.239 e. The first-order valence-corrected chi connectivity index (χ1v) is 6.64. The van der Waals surface area contributed by atoms with Crippen molar-refractivity contribution in [3.05, 3.63) is 0 Å². The molecule has 3 heteroatoms. The van der Waals surface area contributed by atoms with Crippen LogP contribution in [0.15, 0.2) is 0 Å². The third kappa shape index (κ3) is 3.21. The Morgan fingerprint density at radius 2 is 2.06 bits per heavy atom. The second kappa shape index (κ2) is 6.24. The van der Waals surface area contributed by atoms with Gasteiger partial charge in [-0.2, -0.15) is 0 Å². The summed E-state index contributed by atoms with van der Waals surface area (Å²) in [6.45, 7) is 7.89. The maximum absolute atomic E-state index is 12.2. The number of carbonyl (C=O) groups excluding carboxylic acids is 1. The van der Waals surface area contributed by atoms with E-state index in [0.717, 1.165) is 25.4 Å². The Kier molecular flexibility index (Phi) is 5.26. The smallest absolute Gasteiger partial charge is 0.239 e. The van der Waals surface area contributed by atoms with Crippen LogP contribution in [0, 0.1) is 11.8 Å². The molecule has 0 bridgehead atoms. The topological polar surface area (TPSA) is 46.3 Å². The highest BCUT2D eigenvalue weighted by Gasteiger charge is 2.27. The van der Waals surface area contributed by atoms with Crippen molar-refractivity contribution in [1.82, 2.24) is 4.90 Å². The lowest BCUT2D eigenvalue weighted by molar-refractivity contribution is -0.134. The van der Waals surface area contributed by atoms with Crippen molar-refractivity contribution in [3.8, 4) is 0 Å². The van der Waals surface area contributed by atoms with Gasteiger partial charge in [-0.05, 0) is 31.6 Å². The molecular weight excluding hydrogens is 200 g/mol. The summed E-state index contributed by atoms with van der Waals surface area (Å²) in [5, 5.41) is 0. The van der Waals surface area contributed by atoms with Crippen molar-refractivity contribution >= 4 is 5.91 Å². The van der Waals surface area contributed by atoms with Gasteiger partial charge in [0.05, 0.1) is 6.04 Å². The van der Waals surface area contributed by atoms with E-state index in [4.69, 9.17) is 5.73 Å². The first-order chi connectivity index (χ1) is 7.60. The van der Waals surface area contributed by atoms with Gasteiger partial charge in [-0.15, -0.1) is 0 Å². The van der Waals surface area contributed by atoms with E-state index in [2.05, 4.69) is 13.8 Å². The molecule has 0 spiro atoms. The third-order valence-corrected chi connectivity index (χ3v) is 3.94. The van der Waals surface area contributed by atoms with Crippen LogP contribution in [0.5, 0.6) is 0 Å². The lowest BCUT2D eigenvalue weighted by Crippen LogP contribution is -2.49. The van der Waals surface area contributed by atoms with Gasteiger partial charge in [-0.3, -0.25) is 4.79 Å². The number of nitrogens with two attached hydrogens (primary N) is 1. The highest BCUT2D eigenvalue weighted by atomic mass is 16.2. The summed E-state index contributed by atoms with van der Waals surface area (Å²) in [4.78, 5) is 14.1. The van der Waals surface area contributed by atoms with Gasteiger partial charge in [-0.1, -0.05) is 26.7 Å². The molecule has 94 valence electrons. The third-order valence-electron chi connectivity index (χ3n) is 3.94. The van der Waals surface area contributed by atoms with Crippen LogP contribution in [0.2, 0.25) is 0 Å². The molecule has 0 aromatic carbocycles. The Labute approximate surface area is 99.4 Å². The number of amides is 1. The molecule has 0 aliphatic heterocycles. The van der Waals surface area contributed by atoms with Crippen molar-refractivity contribution in [2.75, 3.05) is 13.1 Å². The molecular formula is C13H26N2O. The number of rotatable bonds is 6. The Bertz CT molecular complexity index is 226. The summed E-state index contributed by atoms with van der Waals surface area (Å²) in [6.07, 6.45) is 4.85. The predicted octanol–water partition coefficient (Wildman–Crippen LogP) is 2.01. The first-order valence-electron chi connectivity index (χ1n) is 6.64. The van der Waals surface area contributed by atoms with Crippen LogP contribution in [0.3, 0.4) is 0 Å². The van der Waals surface area contributed by atoms with Gasteiger partial charge in [-0.25, -0.2) is 0 Å². The molecule has 2 atom stereocenters. The molecule has 2 unspecified atom stereocenters. The number of likely N-dealkylation sites (N-methyl/N-ethyl adjacent to an activating group) is 1. The number of carbonyl (C=O) groups is 1. The molecule has 1 aliphatic carbocycles. The minimum Gasteiger partial charge on any atom is -0.341 e. The fourth-order valence-corrected chi connectivity index (χ4v) is 2.07. The number of nitrogens with zero attached hydrogens (tertiary/aromatic N) is 1. The molecule has 1 amide bonds. The Morgan fingerprint density at radius 3 is 2.44 bits per heavy atom. The highest BCUT2D eigenvalue weighted by Crippen LogP contribution is 2.27. The van der Waals surface area contributed by atoms with Gasteiger partial charge in [0.15, 0.2) is 0 Å². The van der Waals surface area contributed by atoms with Crippen molar-refractivity contribution in [1.29, 1.82) is 0 Å². The van der Waals surface area contributed by atoms with Crippen LogP contribution in [-0.4, -0.2) is 29.9 Å². The average Bonchev–Trinajstić information content (AvgIpc) is 2.25. The van der Waals surface area contributed by atoms with Crippen molar-refractivity contribution in [2.45, 2.75) is 52.5 Å². The second-order valence-corrected chi connectivity index (χ2v) is 5.09. The Balaban J connectivity index is 2.46. The second-order valence-electron chi connectivity index (χ2n) is 5.09. The summed E-state index contributed by atoms with van der Waals surface area (Å²) < 4.78 is 0. The molecule has 2 N–H and O–H groups in total. The lowest BCUT2D eigenvalue weighted by Gasteiger charge is -2.34. The van der Waals surface area contributed by atoms with Crippen molar-refractivity contribution in [2.24, 2.45) is 17.6 Å². The molecule has 1 saturated carbocycles. The van der Waals surface area contributed by atoms with E-state index in [-0.39, 0.29) is 17.9 Å². The minimum absolute atomic E-state index is 0.142. The minimum atomic E-state index is -0.315. The van der Waals surface area contributed by atoms with Crippen LogP contribution in [-0.2, 0) is 4.79 Å². The van der Waals surface area contributed by atoms with E-state index < -0.39 is 0 Å². The molecule has 0 radical (unpaired) electrons. The average molecular weight is 226 g/mol. The zero-order valence-corrected chi connectivity index (χ0v) is 10.9. The van der Waals surface area contributed by atoms with Crippen LogP contribution in [0.1, 0.15) is 46.5 Å². The standard InChI is InChI=1S/C13H26N2O/c1-4-10(3)12(14)13(16)15(5-2)9-11-7-6-8-11/h10-12H,4-9,14H2,1-3H3. The van der Waals surface area contributed by atoms with Gasteiger partial charge in [0.1, 0.15) is 0 Å².